The molecular formula is C20H21N3. The lowest BCUT2D eigenvalue weighted by Gasteiger charge is -2.13. The first-order valence-corrected chi connectivity index (χ1v) is 8.30. The molecule has 4 rings (SSSR count). The van der Waals surface area contributed by atoms with Crippen LogP contribution in [0.25, 0.3) is 16.8 Å². The fourth-order valence-corrected chi connectivity index (χ4v) is 3.38. The first-order valence-electron chi connectivity index (χ1n) is 8.30. The summed E-state index contributed by atoms with van der Waals surface area (Å²) < 4.78 is 2.11. The van der Waals surface area contributed by atoms with Crippen LogP contribution in [0.4, 0.5) is 0 Å². The van der Waals surface area contributed by atoms with E-state index in [2.05, 4.69) is 64.6 Å². The third-order valence-corrected chi connectivity index (χ3v) is 4.60. The minimum atomic E-state index is 0.691. The molecule has 3 nitrogen and oxygen atoms in total. The minimum absolute atomic E-state index is 0.691. The van der Waals surface area contributed by atoms with Gasteiger partial charge in [0.15, 0.2) is 0 Å². The number of hydrogen-bond donors (Lipinski definition) is 1. The van der Waals surface area contributed by atoms with Crippen LogP contribution in [0.1, 0.15) is 12.1 Å². The Morgan fingerprint density at radius 1 is 1.00 bits per heavy atom. The summed E-state index contributed by atoms with van der Waals surface area (Å²) in [6, 6.07) is 21.0. The van der Waals surface area contributed by atoms with Gasteiger partial charge in [0.1, 0.15) is 0 Å². The summed E-state index contributed by atoms with van der Waals surface area (Å²) in [4.78, 5) is 0. The highest BCUT2D eigenvalue weighted by Gasteiger charge is 2.21. The summed E-state index contributed by atoms with van der Waals surface area (Å²) >= 11 is 0. The molecule has 116 valence electrons. The van der Waals surface area contributed by atoms with Crippen LogP contribution in [0, 0.1) is 5.92 Å². The molecule has 1 aliphatic heterocycles. The highest BCUT2D eigenvalue weighted by molar-refractivity contribution is 5.66. The first-order chi connectivity index (χ1) is 11.4. The zero-order valence-electron chi connectivity index (χ0n) is 13.2. The molecule has 1 unspecified atom stereocenters. The van der Waals surface area contributed by atoms with E-state index in [9.17, 15) is 0 Å². The van der Waals surface area contributed by atoms with Gasteiger partial charge in [-0.15, -0.1) is 0 Å². The highest BCUT2D eigenvalue weighted by atomic mass is 15.3. The van der Waals surface area contributed by atoms with Gasteiger partial charge in [0, 0.05) is 5.56 Å². The lowest BCUT2D eigenvalue weighted by atomic mass is 9.97. The van der Waals surface area contributed by atoms with E-state index in [4.69, 9.17) is 5.10 Å². The summed E-state index contributed by atoms with van der Waals surface area (Å²) in [6.07, 6.45) is 4.32. The quantitative estimate of drug-likeness (QED) is 0.796. The SMILES string of the molecule is c1ccc(-c2cnn(-c3ccccc3)c2CC2CCNC2)cc1. The molecule has 0 aliphatic carbocycles. The fraction of sp³-hybridized carbons (Fsp3) is 0.250. The van der Waals surface area contributed by atoms with Crippen LogP contribution < -0.4 is 5.32 Å². The van der Waals surface area contributed by atoms with Gasteiger partial charge in [-0.25, -0.2) is 4.68 Å². The van der Waals surface area contributed by atoms with E-state index in [1.807, 2.05) is 12.3 Å². The largest absolute Gasteiger partial charge is 0.316 e. The molecule has 1 N–H and O–H groups in total. The summed E-state index contributed by atoms with van der Waals surface area (Å²) in [6.45, 7) is 2.24. The van der Waals surface area contributed by atoms with Gasteiger partial charge in [0.25, 0.3) is 0 Å². The molecular weight excluding hydrogens is 282 g/mol. The van der Waals surface area contributed by atoms with E-state index in [1.165, 1.54) is 23.2 Å². The van der Waals surface area contributed by atoms with Crippen molar-refractivity contribution in [3.63, 3.8) is 0 Å². The molecule has 0 radical (unpaired) electrons. The Kier molecular flexibility index (Phi) is 3.95. The Hall–Kier alpha value is -2.39. The lowest BCUT2D eigenvalue weighted by Crippen LogP contribution is -2.13. The monoisotopic (exact) mass is 303 g/mol. The van der Waals surface area contributed by atoms with Gasteiger partial charge in [-0.3, -0.25) is 0 Å². The van der Waals surface area contributed by atoms with Crippen LogP contribution in [0.2, 0.25) is 0 Å². The van der Waals surface area contributed by atoms with E-state index < -0.39 is 0 Å². The molecule has 0 saturated carbocycles. The van der Waals surface area contributed by atoms with Gasteiger partial charge < -0.3 is 5.32 Å². The fourth-order valence-electron chi connectivity index (χ4n) is 3.38. The third-order valence-electron chi connectivity index (χ3n) is 4.60. The number of benzene rings is 2. The minimum Gasteiger partial charge on any atom is -0.316 e. The van der Waals surface area contributed by atoms with Crippen molar-refractivity contribution < 1.29 is 0 Å². The third kappa shape index (κ3) is 2.92. The predicted molar refractivity (Wildman–Crippen MR) is 93.7 cm³/mol. The maximum absolute atomic E-state index is 4.70. The van der Waals surface area contributed by atoms with Crippen LogP contribution in [-0.2, 0) is 6.42 Å². The Morgan fingerprint density at radius 2 is 1.74 bits per heavy atom. The molecule has 1 saturated heterocycles. The highest BCUT2D eigenvalue weighted by Crippen LogP contribution is 2.28. The van der Waals surface area contributed by atoms with Crippen molar-refractivity contribution in [1.82, 2.24) is 15.1 Å². The smallest absolute Gasteiger partial charge is 0.0649 e. The number of nitrogens with zero attached hydrogens (tertiary/aromatic N) is 2. The van der Waals surface area contributed by atoms with Crippen molar-refractivity contribution >= 4 is 0 Å². The van der Waals surface area contributed by atoms with E-state index in [0.29, 0.717) is 5.92 Å². The number of hydrogen-bond acceptors (Lipinski definition) is 2. The van der Waals surface area contributed by atoms with Gasteiger partial charge in [-0.2, -0.15) is 5.10 Å². The summed E-state index contributed by atoms with van der Waals surface area (Å²) in [5.41, 5.74) is 4.95. The number of aromatic nitrogens is 2. The molecule has 0 bridgehead atoms. The average molecular weight is 303 g/mol. The zero-order valence-corrected chi connectivity index (χ0v) is 13.2. The van der Waals surface area contributed by atoms with Gasteiger partial charge in [-0.1, -0.05) is 48.5 Å². The predicted octanol–water partition coefficient (Wildman–Crippen LogP) is 3.69. The Bertz CT molecular complexity index is 699. The molecule has 0 amide bonds. The molecule has 2 aromatic carbocycles. The van der Waals surface area contributed by atoms with E-state index in [0.717, 1.165) is 25.2 Å². The molecule has 1 aliphatic rings. The Morgan fingerprint density at radius 3 is 2.43 bits per heavy atom. The normalized spacial score (nSPS) is 17.5. The van der Waals surface area contributed by atoms with Crippen molar-refractivity contribution in [2.24, 2.45) is 5.92 Å². The van der Waals surface area contributed by atoms with E-state index in [-0.39, 0.29) is 0 Å². The number of nitrogens with one attached hydrogen (secondary N) is 1. The van der Waals surface area contributed by atoms with Crippen molar-refractivity contribution in [2.45, 2.75) is 12.8 Å². The van der Waals surface area contributed by atoms with Gasteiger partial charge in [0.2, 0.25) is 0 Å². The molecule has 23 heavy (non-hydrogen) atoms. The molecule has 3 heteroatoms. The molecule has 2 heterocycles. The van der Waals surface area contributed by atoms with Crippen molar-refractivity contribution in [3.05, 3.63) is 72.6 Å². The lowest BCUT2D eigenvalue weighted by molar-refractivity contribution is 0.561. The maximum Gasteiger partial charge on any atom is 0.0649 e. The van der Waals surface area contributed by atoms with Gasteiger partial charge in [0.05, 0.1) is 17.6 Å². The summed E-state index contributed by atoms with van der Waals surface area (Å²) in [5.74, 6) is 0.691. The van der Waals surface area contributed by atoms with Crippen molar-refractivity contribution in [3.8, 4) is 16.8 Å². The Balaban J connectivity index is 1.78. The van der Waals surface area contributed by atoms with E-state index in [1.54, 1.807) is 0 Å². The summed E-state index contributed by atoms with van der Waals surface area (Å²) in [7, 11) is 0. The summed E-state index contributed by atoms with van der Waals surface area (Å²) in [5, 5.41) is 8.17. The van der Waals surface area contributed by atoms with Crippen LogP contribution in [-0.4, -0.2) is 22.9 Å². The molecule has 1 fully saturated rings. The molecule has 3 aromatic rings. The average Bonchev–Trinajstić information content (AvgIpc) is 3.27. The van der Waals surface area contributed by atoms with Crippen LogP contribution in [0.15, 0.2) is 66.9 Å². The first kappa shape index (κ1) is 14.2. The topological polar surface area (TPSA) is 29.9 Å². The second-order valence-corrected chi connectivity index (χ2v) is 6.18. The van der Waals surface area contributed by atoms with Crippen LogP contribution in [0.3, 0.4) is 0 Å². The standard InChI is InChI=1S/C20H21N3/c1-3-7-17(8-4-1)19-15-22-23(18-9-5-2-6-10-18)20(19)13-16-11-12-21-14-16/h1-10,15-16,21H,11-14H2. The Labute approximate surface area is 137 Å². The number of para-hydroxylation sites is 1. The number of rotatable bonds is 4. The van der Waals surface area contributed by atoms with Crippen LogP contribution >= 0.6 is 0 Å². The second kappa shape index (κ2) is 6.39. The van der Waals surface area contributed by atoms with Crippen molar-refractivity contribution in [1.29, 1.82) is 0 Å². The van der Waals surface area contributed by atoms with Crippen LogP contribution in [0.5, 0.6) is 0 Å². The van der Waals surface area contributed by atoms with E-state index >= 15 is 0 Å². The maximum atomic E-state index is 4.70. The molecule has 1 atom stereocenters. The van der Waals surface area contributed by atoms with Crippen molar-refractivity contribution in [2.75, 3.05) is 13.1 Å². The second-order valence-electron chi connectivity index (χ2n) is 6.18. The zero-order chi connectivity index (χ0) is 15.5. The molecule has 1 aromatic heterocycles. The molecule has 0 spiro atoms. The van der Waals surface area contributed by atoms with Gasteiger partial charge in [-0.05, 0) is 49.5 Å². The van der Waals surface area contributed by atoms with Gasteiger partial charge >= 0.3 is 0 Å².